The fourth-order valence-electron chi connectivity index (χ4n) is 4.41. The minimum atomic E-state index is 0.565. The SMILES string of the molecule is c1ccc2c(c1)oc1ccc3oc(-n4c5ccccc5c5ccccc54)nc3c12. The Bertz CT molecular complexity index is 1660. The molecule has 0 amide bonds. The first-order chi connectivity index (χ1) is 14.4. The summed E-state index contributed by atoms with van der Waals surface area (Å²) in [6.07, 6.45) is 0. The zero-order chi connectivity index (χ0) is 18.9. The number of hydrogen-bond donors (Lipinski definition) is 0. The summed E-state index contributed by atoms with van der Waals surface area (Å²) in [5, 5.41) is 4.41. The van der Waals surface area contributed by atoms with E-state index in [1.165, 1.54) is 10.8 Å². The molecule has 7 rings (SSSR count). The van der Waals surface area contributed by atoms with E-state index in [4.69, 9.17) is 13.8 Å². The van der Waals surface area contributed by atoms with E-state index in [0.717, 1.165) is 44.1 Å². The first-order valence-electron chi connectivity index (χ1n) is 9.58. The maximum Gasteiger partial charge on any atom is 0.307 e. The van der Waals surface area contributed by atoms with Crippen molar-refractivity contribution in [2.75, 3.05) is 0 Å². The fraction of sp³-hybridized carbons (Fsp3) is 0. The van der Waals surface area contributed by atoms with E-state index in [2.05, 4.69) is 47.0 Å². The molecular weight excluding hydrogens is 360 g/mol. The van der Waals surface area contributed by atoms with Crippen LogP contribution in [-0.2, 0) is 0 Å². The summed E-state index contributed by atoms with van der Waals surface area (Å²) in [5.74, 6) is 0. The lowest BCUT2D eigenvalue weighted by molar-refractivity contribution is 0.574. The van der Waals surface area contributed by atoms with Crippen LogP contribution in [-0.4, -0.2) is 9.55 Å². The van der Waals surface area contributed by atoms with Gasteiger partial charge in [0.05, 0.1) is 16.4 Å². The highest BCUT2D eigenvalue weighted by Crippen LogP contribution is 2.37. The van der Waals surface area contributed by atoms with Gasteiger partial charge in [-0.2, -0.15) is 4.98 Å². The average Bonchev–Trinajstić information content (AvgIpc) is 3.44. The smallest absolute Gasteiger partial charge is 0.307 e. The largest absolute Gasteiger partial charge is 0.456 e. The van der Waals surface area contributed by atoms with Gasteiger partial charge in [0.25, 0.3) is 0 Å². The second-order valence-corrected chi connectivity index (χ2v) is 7.25. The van der Waals surface area contributed by atoms with Crippen molar-refractivity contribution in [3.05, 3.63) is 84.9 Å². The Morgan fingerprint density at radius 3 is 1.93 bits per heavy atom. The van der Waals surface area contributed by atoms with Crippen LogP contribution in [0.25, 0.3) is 60.9 Å². The van der Waals surface area contributed by atoms with Crippen LogP contribution in [0.4, 0.5) is 0 Å². The zero-order valence-corrected chi connectivity index (χ0v) is 15.3. The van der Waals surface area contributed by atoms with E-state index in [1.807, 2.05) is 42.5 Å². The molecule has 0 unspecified atom stereocenters. The van der Waals surface area contributed by atoms with Crippen LogP contribution in [0.1, 0.15) is 0 Å². The predicted octanol–water partition coefficient (Wildman–Crippen LogP) is 6.82. The zero-order valence-electron chi connectivity index (χ0n) is 15.3. The molecule has 7 aromatic rings. The molecule has 4 nitrogen and oxygen atoms in total. The normalized spacial score (nSPS) is 12.1. The Balaban J connectivity index is 1.63. The maximum absolute atomic E-state index is 6.27. The van der Waals surface area contributed by atoms with Crippen molar-refractivity contribution < 1.29 is 8.83 Å². The first kappa shape index (κ1) is 14.9. The third-order valence-corrected chi connectivity index (χ3v) is 5.66. The molecule has 29 heavy (non-hydrogen) atoms. The summed E-state index contributed by atoms with van der Waals surface area (Å²) in [7, 11) is 0. The number of rotatable bonds is 1. The van der Waals surface area contributed by atoms with E-state index >= 15 is 0 Å². The van der Waals surface area contributed by atoms with Crippen molar-refractivity contribution in [3.63, 3.8) is 0 Å². The summed E-state index contributed by atoms with van der Waals surface area (Å²) >= 11 is 0. The van der Waals surface area contributed by atoms with Gasteiger partial charge in [-0.1, -0.05) is 54.6 Å². The van der Waals surface area contributed by atoms with Gasteiger partial charge in [0, 0.05) is 16.2 Å². The van der Waals surface area contributed by atoms with E-state index in [9.17, 15) is 0 Å². The summed E-state index contributed by atoms with van der Waals surface area (Å²) in [5.41, 5.74) is 5.41. The number of fused-ring (bicyclic) bond motifs is 8. The van der Waals surface area contributed by atoms with Crippen molar-refractivity contribution in [1.82, 2.24) is 9.55 Å². The lowest BCUT2D eigenvalue weighted by Crippen LogP contribution is -1.93. The molecule has 3 heterocycles. The van der Waals surface area contributed by atoms with E-state index in [0.29, 0.717) is 6.01 Å². The number of oxazole rings is 1. The summed E-state index contributed by atoms with van der Waals surface area (Å²) in [6, 6.07) is 29.2. The second-order valence-electron chi connectivity index (χ2n) is 7.25. The molecule has 0 fully saturated rings. The van der Waals surface area contributed by atoms with Crippen LogP contribution < -0.4 is 0 Å². The van der Waals surface area contributed by atoms with Crippen LogP contribution >= 0.6 is 0 Å². The molecule has 0 N–H and O–H groups in total. The number of benzene rings is 4. The second kappa shape index (κ2) is 5.26. The maximum atomic E-state index is 6.27. The van der Waals surface area contributed by atoms with Crippen molar-refractivity contribution in [1.29, 1.82) is 0 Å². The van der Waals surface area contributed by atoms with Crippen LogP contribution in [0.2, 0.25) is 0 Å². The van der Waals surface area contributed by atoms with E-state index in [1.54, 1.807) is 0 Å². The van der Waals surface area contributed by atoms with Crippen molar-refractivity contribution >= 4 is 54.8 Å². The van der Waals surface area contributed by atoms with Gasteiger partial charge >= 0.3 is 6.01 Å². The molecule has 0 radical (unpaired) electrons. The first-order valence-corrected chi connectivity index (χ1v) is 9.58. The van der Waals surface area contributed by atoms with Gasteiger partial charge in [0.2, 0.25) is 0 Å². The highest BCUT2D eigenvalue weighted by atomic mass is 16.4. The Hall–Kier alpha value is -4.05. The molecule has 0 atom stereocenters. The molecular formula is C25H14N2O2. The molecule has 4 heteroatoms. The number of hydrogen-bond acceptors (Lipinski definition) is 3. The molecule has 136 valence electrons. The van der Waals surface area contributed by atoms with Crippen molar-refractivity contribution in [2.45, 2.75) is 0 Å². The van der Waals surface area contributed by atoms with Gasteiger partial charge in [0.1, 0.15) is 16.7 Å². The molecule has 0 aliphatic heterocycles. The molecule has 0 bridgehead atoms. The summed E-state index contributed by atoms with van der Waals surface area (Å²) in [4.78, 5) is 4.94. The van der Waals surface area contributed by atoms with Gasteiger partial charge in [-0.05, 0) is 30.3 Å². The molecule has 0 saturated heterocycles. The van der Waals surface area contributed by atoms with E-state index in [-0.39, 0.29) is 0 Å². The Morgan fingerprint density at radius 1 is 0.552 bits per heavy atom. The summed E-state index contributed by atoms with van der Waals surface area (Å²) in [6.45, 7) is 0. The van der Waals surface area contributed by atoms with Crippen molar-refractivity contribution in [3.8, 4) is 6.01 Å². The van der Waals surface area contributed by atoms with Crippen molar-refractivity contribution in [2.24, 2.45) is 0 Å². The van der Waals surface area contributed by atoms with Crippen LogP contribution in [0.15, 0.2) is 93.8 Å². The minimum Gasteiger partial charge on any atom is -0.456 e. The molecule has 3 aromatic heterocycles. The Kier molecular flexibility index (Phi) is 2.71. The average molecular weight is 374 g/mol. The Morgan fingerprint density at radius 2 is 1.17 bits per heavy atom. The van der Waals surface area contributed by atoms with Gasteiger partial charge in [-0.3, -0.25) is 4.57 Å². The standard InChI is InChI=1S/C25H14N2O2/c1-4-10-18-15(7-1)16-8-2-5-11-19(16)27(18)25-26-24-22(29-25)14-13-21-23(24)17-9-3-6-12-20(17)28-21/h1-14H. The molecule has 0 aliphatic carbocycles. The fourth-order valence-corrected chi connectivity index (χ4v) is 4.41. The van der Waals surface area contributed by atoms with Gasteiger partial charge in [0.15, 0.2) is 5.58 Å². The van der Waals surface area contributed by atoms with E-state index < -0.39 is 0 Å². The molecule has 0 spiro atoms. The third kappa shape index (κ3) is 1.90. The van der Waals surface area contributed by atoms with Gasteiger partial charge < -0.3 is 8.83 Å². The number of nitrogens with zero attached hydrogens (tertiary/aromatic N) is 2. The lowest BCUT2D eigenvalue weighted by atomic mass is 10.1. The topological polar surface area (TPSA) is 44.1 Å². The third-order valence-electron chi connectivity index (χ3n) is 5.66. The number of furan rings is 1. The van der Waals surface area contributed by atoms with Crippen LogP contribution in [0, 0.1) is 0 Å². The molecule has 0 aliphatic rings. The number of para-hydroxylation sites is 3. The number of aromatic nitrogens is 2. The highest BCUT2D eigenvalue weighted by molar-refractivity contribution is 6.16. The Labute approximate surface area is 164 Å². The van der Waals surface area contributed by atoms with Crippen LogP contribution in [0.3, 0.4) is 0 Å². The molecule has 4 aromatic carbocycles. The van der Waals surface area contributed by atoms with Gasteiger partial charge in [-0.15, -0.1) is 0 Å². The van der Waals surface area contributed by atoms with Gasteiger partial charge in [-0.25, -0.2) is 0 Å². The summed E-state index contributed by atoms with van der Waals surface area (Å²) < 4.78 is 14.4. The minimum absolute atomic E-state index is 0.565. The molecule has 0 saturated carbocycles. The van der Waals surface area contributed by atoms with Crippen LogP contribution in [0.5, 0.6) is 0 Å². The monoisotopic (exact) mass is 374 g/mol. The quantitative estimate of drug-likeness (QED) is 0.316. The highest BCUT2D eigenvalue weighted by Gasteiger charge is 2.19. The lowest BCUT2D eigenvalue weighted by Gasteiger charge is -2.00. The predicted molar refractivity (Wildman–Crippen MR) is 116 cm³/mol.